The molecule has 4 amide bonds. The minimum atomic E-state index is -1.30. The van der Waals surface area contributed by atoms with Gasteiger partial charge in [-0.1, -0.05) is 18.5 Å². The van der Waals surface area contributed by atoms with Crippen LogP contribution in [0.3, 0.4) is 0 Å². The second-order valence-corrected chi connectivity index (χ2v) is 7.41. The SMILES string of the molecule is CC(=O)O.CCCCN.NC(=O)CC(N)c1noc(CNC(=O)NC(CCC(=O)O)C(=O)NCC(=O)O)n1. The fourth-order valence-corrected chi connectivity index (χ4v) is 2.19. The van der Waals surface area contributed by atoms with Crippen LogP contribution in [0.15, 0.2) is 4.52 Å². The molecular weight excluding hydrogens is 512 g/mol. The molecule has 18 heteroatoms. The Morgan fingerprint density at radius 2 is 1.66 bits per heavy atom. The molecule has 2 unspecified atom stereocenters. The van der Waals surface area contributed by atoms with E-state index in [-0.39, 0.29) is 31.1 Å². The molecule has 0 aromatic carbocycles. The van der Waals surface area contributed by atoms with Gasteiger partial charge in [0.2, 0.25) is 17.7 Å². The fourth-order valence-electron chi connectivity index (χ4n) is 2.19. The second kappa shape index (κ2) is 20.8. The van der Waals surface area contributed by atoms with Gasteiger partial charge in [-0.3, -0.25) is 24.0 Å². The van der Waals surface area contributed by atoms with E-state index in [0.29, 0.717) is 0 Å². The van der Waals surface area contributed by atoms with E-state index in [1.54, 1.807) is 0 Å². The largest absolute Gasteiger partial charge is 0.481 e. The topological polar surface area (TPSA) is 316 Å². The van der Waals surface area contributed by atoms with Crippen LogP contribution in [-0.2, 0) is 30.5 Å². The van der Waals surface area contributed by atoms with Crippen molar-refractivity contribution in [3.63, 3.8) is 0 Å². The van der Waals surface area contributed by atoms with Crippen molar-refractivity contribution in [1.82, 2.24) is 26.1 Å². The summed E-state index contributed by atoms with van der Waals surface area (Å²) in [5.41, 5.74) is 15.8. The Bertz CT molecular complexity index is 902. The summed E-state index contributed by atoms with van der Waals surface area (Å²) < 4.78 is 4.86. The molecule has 0 fully saturated rings. The molecule has 1 rings (SSSR count). The first-order valence-corrected chi connectivity index (χ1v) is 11.2. The summed E-state index contributed by atoms with van der Waals surface area (Å²) in [7, 11) is 0. The average Bonchev–Trinajstić information content (AvgIpc) is 3.28. The molecule has 0 aliphatic carbocycles. The van der Waals surface area contributed by atoms with Gasteiger partial charge in [0, 0.05) is 19.8 Å². The molecule has 0 saturated heterocycles. The molecule has 1 aromatic heterocycles. The zero-order valence-electron chi connectivity index (χ0n) is 21.1. The van der Waals surface area contributed by atoms with Crippen LogP contribution >= 0.6 is 0 Å². The second-order valence-electron chi connectivity index (χ2n) is 7.41. The van der Waals surface area contributed by atoms with Crippen LogP contribution < -0.4 is 33.2 Å². The lowest BCUT2D eigenvalue weighted by Crippen LogP contribution is -2.50. The van der Waals surface area contributed by atoms with Crippen LogP contribution in [0.5, 0.6) is 0 Å². The van der Waals surface area contributed by atoms with Crippen LogP contribution in [0.25, 0.3) is 0 Å². The lowest BCUT2D eigenvalue weighted by molar-refractivity contribution is -0.139. The van der Waals surface area contributed by atoms with Gasteiger partial charge >= 0.3 is 18.0 Å². The maximum absolute atomic E-state index is 12.0. The van der Waals surface area contributed by atoms with Gasteiger partial charge in [-0.05, 0) is 19.4 Å². The first-order valence-electron chi connectivity index (χ1n) is 11.2. The first kappa shape index (κ1) is 35.8. The number of aliphatic carboxylic acids is 3. The summed E-state index contributed by atoms with van der Waals surface area (Å²) in [4.78, 5) is 68.8. The third kappa shape index (κ3) is 21.0. The number of nitrogens with one attached hydrogen (secondary N) is 3. The lowest BCUT2D eigenvalue weighted by Gasteiger charge is -2.17. The molecule has 0 spiro atoms. The van der Waals surface area contributed by atoms with Crippen LogP contribution in [0, 0.1) is 0 Å². The number of unbranched alkanes of at least 4 members (excludes halogenated alkanes) is 1. The molecule has 38 heavy (non-hydrogen) atoms. The van der Waals surface area contributed by atoms with Crippen LogP contribution in [0.4, 0.5) is 4.79 Å². The molecule has 1 heterocycles. The van der Waals surface area contributed by atoms with Crippen LogP contribution in [-0.4, -0.2) is 80.3 Å². The Labute approximate surface area is 217 Å². The fraction of sp³-hybridized carbons (Fsp3) is 0.600. The van der Waals surface area contributed by atoms with E-state index in [1.165, 1.54) is 12.8 Å². The minimum Gasteiger partial charge on any atom is -0.481 e. The van der Waals surface area contributed by atoms with Gasteiger partial charge in [0.1, 0.15) is 12.6 Å². The highest BCUT2D eigenvalue weighted by Crippen LogP contribution is 2.09. The van der Waals surface area contributed by atoms with Gasteiger partial charge in [-0.25, -0.2) is 4.79 Å². The van der Waals surface area contributed by atoms with Gasteiger partial charge in [-0.15, -0.1) is 0 Å². The number of carbonyl (C=O) groups is 6. The number of nitrogens with two attached hydrogens (primary N) is 3. The van der Waals surface area contributed by atoms with Crippen LogP contribution in [0.2, 0.25) is 0 Å². The van der Waals surface area contributed by atoms with Crippen molar-refractivity contribution in [2.75, 3.05) is 13.1 Å². The number of carboxylic acid groups (broad SMARTS) is 3. The van der Waals surface area contributed by atoms with Gasteiger partial charge in [0.05, 0.1) is 12.6 Å². The van der Waals surface area contributed by atoms with E-state index in [4.69, 9.17) is 41.8 Å². The number of carboxylic acids is 3. The average molecular weight is 549 g/mol. The maximum atomic E-state index is 12.0. The monoisotopic (exact) mass is 548 g/mol. The molecule has 1 aromatic rings. The Balaban J connectivity index is 0. The summed E-state index contributed by atoms with van der Waals surface area (Å²) in [6.45, 7) is 3.11. The number of carbonyl (C=O) groups excluding carboxylic acids is 3. The predicted octanol–water partition coefficient (Wildman–Crippen LogP) is -1.99. The zero-order chi connectivity index (χ0) is 29.7. The van der Waals surface area contributed by atoms with E-state index in [9.17, 15) is 24.0 Å². The summed E-state index contributed by atoms with van der Waals surface area (Å²) in [5.74, 6) is -4.90. The highest BCUT2D eigenvalue weighted by Gasteiger charge is 2.23. The van der Waals surface area contributed by atoms with Gasteiger partial charge in [-0.2, -0.15) is 4.98 Å². The highest BCUT2D eigenvalue weighted by molar-refractivity contribution is 5.89. The van der Waals surface area contributed by atoms with Crippen molar-refractivity contribution < 1.29 is 48.6 Å². The third-order valence-electron chi connectivity index (χ3n) is 3.88. The molecule has 216 valence electrons. The third-order valence-corrected chi connectivity index (χ3v) is 3.88. The van der Waals surface area contributed by atoms with Crippen LogP contribution in [0.1, 0.15) is 63.7 Å². The Kier molecular flexibility index (Phi) is 19.6. The maximum Gasteiger partial charge on any atom is 0.322 e. The molecule has 0 aliphatic rings. The lowest BCUT2D eigenvalue weighted by atomic mass is 10.1. The Morgan fingerprint density at radius 1 is 1.05 bits per heavy atom. The van der Waals surface area contributed by atoms with Crippen molar-refractivity contribution >= 4 is 35.8 Å². The number of primary amides is 1. The number of nitrogens with zero attached hydrogens (tertiary/aromatic N) is 2. The van der Waals surface area contributed by atoms with Crippen molar-refractivity contribution in [2.24, 2.45) is 17.2 Å². The van der Waals surface area contributed by atoms with Crippen molar-refractivity contribution in [3.05, 3.63) is 11.7 Å². The van der Waals surface area contributed by atoms with Crippen molar-refractivity contribution in [3.8, 4) is 0 Å². The van der Waals surface area contributed by atoms with E-state index in [2.05, 4.69) is 33.0 Å². The van der Waals surface area contributed by atoms with E-state index >= 15 is 0 Å². The number of amides is 4. The number of rotatable bonds is 14. The summed E-state index contributed by atoms with van der Waals surface area (Å²) in [5, 5.41) is 34.9. The number of aromatic nitrogens is 2. The molecule has 18 nitrogen and oxygen atoms in total. The Hall–Kier alpha value is -4.32. The molecule has 0 aliphatic heterocycles. The molecule has 0 bridgehead atoms. The van der Waals surface area contributed by atoms with Gasteiger partial charge in [0.25, 0.3) is 5.97 Å². The number of urea groups is 1. The Morgan fingerprint density at radius 3 is 2.11 bits per heavy atom. The summed E-state index contributed by atoms with van der Waals surface area (Å²) >= 11 is 0. The molecule has 0 saturated carbocycles. The van der Waals surface area contributed by atoms with Crippen molar-refractivity contribution in [1.29, 1.82) is 0 Å². The normalized spacial score (nSPS) is 11.3. The highest BCUT2D eigenvalue weighted by atomic mass is 16.5. The quantitative estimate of drug-likeness (QED) is 0.122. The van der Waals surface area contributed by atoms with Crippen molar-refractivity contribution in [2.45, 2.75) is 64.6 Å². The van der Waals surface area contributed by atoms with E-state index in [0.717, 1.165) is 13.5 Å². The first-order chi connectivity index (χ1) is 17.7. The molecule has 2 atom stereocenters. The van der Waals surface area contributed by atoms with Gasteiger partial charge < -0.3 is 53.0 Å². The van der Waals surface area contributed by atoms with Gasteiger partial charge in [0.15, 0.2) is 5.82 Å². The molecule has 0 radical (unpaired) electrons. The zero-order valence-corrected chi connectivity index (χ0v) is 21.1. The van der Waals surface area contributed by atoms with E-state index < -0.39 is 60.8 Å². The van der Waals surface area contributed by atoms with E-state index in [1.807, 2.05) is 0 Å². The predicted molar refractivity (Wildman–Crippen MR) is 129 cm³/mol. The number of hydrogen-bond donors (Lipinski definition) is 9. The molecule has 12 N–H and O–H groups in total. The summed E-state index contributed by atoms with van der Waals surface area (Å²) in [6.07, 6.45) is 1.48. The summed E-state index contributed by atoms with van der Waals surface area (Å²) in [6, 6.07) is -3.03. The number of hydrogen-bond acceptors (Lipinski definition) is 11. The standard InChI is InChI=1S/C14H21N7O8.C4H11N.C2H4O2/c15-6(3-8(16)22)12-20-9(29-21-12)4-18-14(28)19-7(1-2-10(23)24)13(27)17-5-11(25)26;1-2-3-4-5;1-2(3)4/h6-7H,1-5,15H2,(H2,16,22)(H,17,27)(H,23,24)(H,25,26)(H2,18,19,28);2-5H2,1H3;1H3,(H,3,4). The smallest absolute Gasteiger partial charge is 0.322 e. The minimum absolute atomic E-state index is 0.00777. The molecular formula is C20H36N8O10.